The summed E-state index contributed by atoms with van der Waals surface area (Å²) in [6.07, 6.45) is 0.668. The number of nitrogen functional groups attached to an aromatic ring is 1. The predicted octanol–water partition coefficient (Wildman–Crippen LogP) is 3.15. The van der Waals surface area contributed by atoms with E-state index < -0.39 is 5.60 Å². The van der Waals surface area contributed by atoms with E-state index in [0.717, 1.165) is 43.1 Å². The number of ether oxygens (including phenoxy) is 2. The van der Waals surface area contributed by atoms with Gasteiger partial charge >= 0.3 is 6.09 Å². The van der Waals surface area contributed by atoms with Crippen LogP contribution in [0.4, 0.5) is 10.5 Å². The smallest absolute Gasteiger partial charge is 0.410 e. The van der Waals surface area contributed by atoms with Crippen molar-refractivity contribution in [2.24, 2.45) is 0 Å². The molecule has 0 aromatic heterocycles. The van der Waals surface area contributed by atoms with Gasteiger partial charge in [-0.3, -0.25) is 4.90 Å². The standard InChI is InChI=1S/C20H33N3O3/c1-6-16-13-17(21)7-8-18(16)25-12-11-22-9-10-23(15(2)14-22)19(24)26-20(3,4)5/h7-8,13,15H,6,9-12,14,21H2,1-5H3/t15-/m1/s1. The number of benzene rings is 1. The zero-order valence-corrected chi connectivity index (χ0v) is 16.7. The molecule has 146 valence electrons. The van der Waals surface area contributed by atoms with Gasteiger partial charge in [0.2, 0.25) is 0 Å². The lowest BCUT2D eigenvalue weighted by molar-refractivity contribution is 0.000348. The molecule has 0 saturated carbocycles. The molecule has 0 spiro atoms. The van der Waals surface area contributed by atoms with E-state index in [1.807, 2.05) is 43.9 Å². The van der Waals surface area contributed by atoms with E-state index in [1.54, 1.807) is 0 Å². The largest absolute Gasteiger partial charge is 0.492 e. The van der Waals surface area contributed by atoms with Crippen LogP contribution in [0.5, 0.6) is 5.75 Å². The summed E-state index contributed by atoms with van der Waals surface area (Å²) >= 11 is 0. The Bertz CT molecular complexity index is 613. The van der Waals surface area contributed by atoms with E-state index >= 15 is 0 Å². The molecule has 2 rings (SSSR count). The number of carbonyl (C=O) groups is 1. The summed E-state index contributed by atoms with van der Waals surface area (Å²) in [7, 11) is 0. The number of carbonyl (C=O) groups excluding carboxylic acids is 1. The highest BCUT2D eigenvalue weighted by Crippen LogP contribution is 2.22. The Morgan fingerprint density at radius 3 is 2.65 bits per heavy atom. The molecular weight excluding hydrogens is 330 g/mol. The summed E-state index contributed by atoms with van der Waals surface area (Å²) in [4.78, 5) is 16.4. The topological polar surface area (TPSA) is 68.0 Å². The maximum Gasteiger partial charge on any atom is 0.410 e. The molecule has 6 nitrogen and oxygen atoms in total. The second-order valence-electron chi connectivity index (χ2n) is 7.89. The van der Waals surface area contributed by atoms with Crippen molar-refractivity contribution in [3.05, 3.63) is 23.8 Å². The summed E-state index contributed by atoms with van der Waals surface area (Å²) in [6.45, 7) is 13.6. The van der Waals surface area contributed by atoms with Gasteiger partial charge in [0, 0.05) is 37.9 Å². The van der Waals surface area contributed by atoms with Crippen molar-refractivity contribution in [3.63, 3.8) is 0 Å². The number of hydrogen-bond donors (Lipinski definition) is 1. The van der Waals surface area contributed by atoms with E-state index in [2.05, 4.69) is 18.7 Å². The van der Waals surface area contributed by atoms with Crippen molar-refractivity contribution in [2.45, 2.75) is 52.7 Å². The molecule has 1 aromatic rings. The molecule has 1 atom stereocenters. The van der Waals surface area contributed by atoms with Gasteiger partial charge in [0.25, 0.3) is 0 Å². The van der Waals surface area contributed by atoms with Crippen molar-refractivity contribution in [3.8, 4) is 5.75 Å². The van der Waals surface area contributed by atoms with Crippen molar-refractivity contribution in [1.82, 2.24) is 9.80 Å². The summed E-state index contributed by atoms with van der Waals surface area (Å²) in [5.41, 5.74) is 7.27. The molecule has 1 aromatic carbocycles. The second kappa shape index (κ2) is 8.62. The van der Waals surface area contributed by atoms with Crippen LogP contribution in [-0.2, 0) is 11.2 Å². The van der Waals surface area contributed by atoms with Crippen LogP contribution in [0.3, 0.4) is 0 Å². The minimum atomic E-state index is -0.460. The molecule has 0 unspecified atom stereocenters. The molecule has 1 fully saturated rings. The average molecular weight is 364 g/mol. The number of nitrogens with zero attached hydrogens (tertiary/aromatic N) is 2. The molecule has 0 radical (unpaired) electrons. The number of anilines is 1. The van der Waals surface area contributed by atoms with Crippen LogP contribution in [0.2, 0.25) is 0 Å². The summed E-state index contributed by atoms with van der Waals surface area (Å²) in [5.74, 6) is 0.905. The maximum atomic E-state index is 12.3. The molecular formula is C20H33N3O3. The number of aryl methyl sites for hydroxylation is 1. The van der Waals surface area contributed by atoms with Gasteiger partial charge in [-0.2, -0.15) is 0 Å². The van der Waals surface area contributed by atoms with Crippen LogP contribution >= 0.6 is 0 Å². The van der Waals surface area contributed by atoms with E-state index in [1.165, 1.54) is 0 Å². The molecule has 1 aliphatic heterocycles. The zero-order valence-electron chi connectivity index (χ0n) is 16.7. The molecule has 26 heavy (non-hydrogen) atoms. The third kappa shape index (κ3) is 5.80. The lowest BCUT2D eigenvalue weighted by Crippen LogP contribution is -2.55. The van der Waals surface area contributed by atoms with E-state index in [4.69, 9.17) is 15.2 Å². The number of rotatable bonds is 5. The maximum absolute atomic E-state index is 12.3. The Labute approximate surface area is 157 Å². The van der Waals surface area contributed by atoms with Crippen LogP contribution in [-0.4, -0.2) is 60.3 Å². The summed E-state index contributed by atoms with van der Waals surface area (Å²) in [5, 5.41) is 0. The SMILES string of the molecule is CCc1cc(N)ccc1OCCN1CCN(C(=O)OC(C)(C)C)[C@H](C)C1. The van der Waals surface area contributed by atoms with Crippen molar-refractivity contribution < 1.29 is 14.3 Å². The molecule has 2 N–H and O–H groups in total. The van der Waals surface area contributed by atoms with E-state index in [-0.39, 0.29) is 12.1 Å². The summed E-state index contributed by atoms with van der Waals surface area (Å²) in [6, 6.07) is 5.91. The van der Waals surface area contributed by atoms with Gasteiger partial charge < -0.3 is 20.1 Å². The normalized spacial score (nSPS) is 18.7. The lowest BCUT2D eigenvalue weighted by Gasteiger charge is -2.40. The van der Waals surface area contributed by atoms with Gasteiger partial charge in [0.15, 0.2) is 0 Å². The quantitative estimate of drug-likeness (QED) is 0.814. The molecule has 1 amide bonds. The van der Waals surface area contributed by atoms with E-state index in [0.29, 0.717) is 13.2 Å². The first-order valence-corrected chi connectivity index (χ1v) is 9.42. The average Bonchev–Trinajstić information content (AvgIpc) is 2.54. The first-order valence-electron chi connectivity index (χ1n) is 9.42. The Hall–Kier alpha value is -1.95. The molecule has 6 heteroatoms. The Morgan fingerprint density at radius 2 is 2.04 bits per heavy atom. The highest BCUT2D eigenvalue weighted by molar-refractivity contribution is 5.68. The highest BCUT2D eigenvalue weighted by Gasteiger charge is 2.30. The first-order chi connectivity index (χ1) is 12.2. The number of nitrogens with two attached hydrogens (primary N) is 1. The summed E-state index contributed by atoms with van der Waals surface area (Å²) < 4.78 is 11.4. The molecule has 0 aliphatic carbocycles. The van der Waals surface area contributed by atoms with Gasteiger partial charge in [-0.05, 0) is 57.9 Å². The first kappa shape index (κ1) is 20.4. The zero-order chi connectivity index (χ0) is 19.3. The second-order valence-corrected chi connectivity index (χ2v) is 7.89. The van der Waals surface area contributed by atoms with Crippen molar-refractivity contribution >= 4 is 11.8 Å². The minimum absolute atomic E-state index is 0.126. The van der Waals surface area contributed by atoms with Gasteiger partial charge in [-0.1, -0.05) is 6.92 Å². The van der Waals surface area contributed by atoms with Crippen molar-refractivity contribution in [2.75, 3.05) is 38.5 Å². The van der Waals surface area contributed by atoms with Crippen molar-refractivity contribution in [1.29, 1.82) is 0 Å². The number of amides is 1. The predicted molar refractivity (Wildman–Crippen MR) is 105 cm³/mol. The van der Waals surface area contributed by atoms with Crippen LogP contribution in [0.1, 0.15) is 40.2 Å². The molecule has 1 saturated heterocycles. The van der Waals surface area contributed by atoms with Gasteiger partial charge in [-0.25, -0.2) is 4.79 Å². The number of piperazine rings is 1. The third-order valence-corrected chi connectivity index (χ3v) is 4.47. The third-order valence-electron chi connectivity index (χ3n) is 4.47. The Morgan fingerprint density at radius 1 is 1.31 bits per heavy atom. The monoisotopic (exact) mass is 363 g/mol. The van der Waals surface area contributed by atoms with Gasteiger partial charge in [0.05, 0.1) is 0 Å². The van der Waals surface area contributed by atoms with Gasteiger partial charge in [0.1, 0.15) is 18.0 Å². The fourth-order valence-electron chi connectivity index (χ4n) is 3.13. The van der Waals surface area contributed by atoms with Crippen LogP contribution in [0.15, 0.2) is 18.2 Å². The lowest BCUT2D eigenvalue weighted by atomic mass is 10.1. The number of hydrogen-bond acceptors (Lipinski definition) is 5. The molecule has 1 aliphatic rings. The Balaban J connectivity index is 1.80. The van der Waals surface area contributed by atoms with Crippen LogP contribution in [0.25, 0.3) is 0 Å². The molecule has 1 heterocycles. The Kier molecular flexibility index (Phi) is 6.75. The van der Waals surface area contributed by atoms with Crippen LogP contribution < -0.4 is 10.5 Å². The fourth-order valence-corrected chi connectivity index (χ4v) is 3.13. The van der Waals surface area contributed by atoms with Gasteiger partial charge in [-0.15, -0.1) is 0 Å². The highest BCUT2D eigenvalue weighted by atomic mass is 16.6. The van der Waals surface area contributed by atoms with E-state index in [9.17, 15) is 4.79 Å². The minimum Gasteiger partial charge on any atom is -0.492 e. The molecule has 0 bridgehead atoms. The fraction of sp³-hybridized carbons (Fsp3) is 0.650. The van der Waals surface area contributed by atoms with Crippen LogP contribution in [0, 0.1) is 0 Å².